The fourth-order valence-corrected chi connectivity index (χ4v) is 2.11. The monoisotopic (exact) mass is 280 g/mol. The first kappa shape index (κ1) is 14.3. The molecule has 108 valence electrons. The minimum Gasteiger partial charge on any atom is -0.462 e. The Morgan fingerprint density at radius 3 is 2.25 bits per heavy atom. The van der Waals surface area contributed by atoms with Crippen molar-refractivity contribution < 1.29 is 28.9 Å². The van der Waals surface area contributed by atoms with Crippen LogP contribution in [0.5, 0.6) is 5.75 Å². The molecule has 2 rings (SSSR count). The highest BCUT2D eigenvalue weighted by Crippen LogP contribution is 2.44. The van der Waals surface area contributed by atoms with E-state index in [2.05, 4.69) is 0 Å². The van der Waals surface area contributed by atoms with Gasteiger partial charge in [0.05, 0.1) is 13.2 Å². The molecule has 1 aliphatic rings. The molecule has 1 aromatic carbocycles. The molecule has 20 heavy (non-hydrogen) atoms. The van der Waals surface area contributed by atoms with E-state index in [4.69, 9.17) is 14.2 Å². The lowest BCUT2D eigenvalue weighted by Gasteiger charge is -2.26. The van der Waals surface area contributed by atoms with Gasteiger partial charge in [0.1, 0.15) is 11.9 Å². The summed E-state index contributed by atoms with van der Waals surface area (Å²) in [5.74, 6) is -1.65. The molecule has 1 aliphatic heterocycles. The van der Waals surface area contributed by atoms with Crippen molar-refractivity contribution in [3.05, 3.63) is 29.8 Å². The van der Waals surface area contributed by atoms with Gasteiger partial charge in [-0.3, -0.25) is 0 Å². The Morgan fingerprint density at radius 1 is 1.20 bits per heavy atom. The Labute approximate surface area is 116 Å². The molecule has 1 heterocycles. The third kappa shape index (κ3) is 2.02. The van der Waals surface area contributed by atoms with Gasteiger partial charge in [-0.2, -0.15) is 0 Å². The van der Waals surface area contributed by atoms with E-state index in [1.807, 2.05) is 0 Å². The van der Waals surface area contributed by atoms with Crippen LogP contribution in [0.3, 0.4) is 0 Å². The van der Waals surface area contributed by atoms with Crippen LogP contribution in [0.2, 0.25) is 0 Å². The zero-order valence-electron chi connectivity index (χ0n) is 11.3. The average Bonchev–Trinajstić information content (AvgIpc) is 2.74. The second kappa shape index (κ2) is 5.50. The van der Waals surface area contributed by atoms with Gasteiger partial charge in [0.15, 0.2) is 0 Å². The minimum atomic E-state index is -2.18. The minimum absolute atomic E-state index is 0.0619. The zero-order chi connectivity index (χ0) is 14.8. The lowest BCUT2D eigenvalue weighted by Crippen LogP contribution is -2.55. The molecule has 0 saturated carbocycles. The van der Waals surface area contributed by atoms with Gasteiger partial charge in [-0.25, -0.2) is 9.59 Å². The fourth-order valence-electron chi connectivity index (χ4n) is 2.11. The van der Waals surface area contributed by atoms with Gasteiger partial charge in [-0.05, 0) is 19.9 Å². The van der Waals surface area contributed by atoms with E-state index in [1.54, 1.807) is 38.1 Å². The molecule has 1 N–H and O–H groups in total. The van der Waals surface area contributed by atoms with Crippen molar-refractivity contribution in [2.24, 2.45) is 0 Å². The van der Waals surface area contributed by atoms with Crippen LogP contribution in [-0.2, 0) is 19.1 Å². The third-order valence-corrected chi connectivity index (χ3v) is 3.03. The van der Waals surface area contributed by atoms with E-state index in [9.17, 15) is 14.7 Å². The number of aliphatic hydroxyl groups is 1. The summed E-state index contributed by atoms with van der Waals surface area (Å²) >= 11 is 0. The number of rotatable bonds is 4. The van der Waals surface area contributed by atoms with E-state index >= 15 is 0 Å². The molecule has 1 aromatic rings. The Morgan fingerprint density at radius 2 is 1.75 bits per heavy atom. The quantitative estimate of drug-likeness (QED) is 0.654. The van der Waals surface area contributed by atoms with Crippen LogP contribution in [0.25, 0.3) is 0 Å². The number of carbonyl (C=O) groups is 2. The van der Waals surface area contributed by atoms with Gasteiger partial charge in [0.25, 0.3) is 0 Å². The summed E-state index contributed by atoms with van der Waals surface area (Å²) in [6, 6.07) is 6.51. The summed E-state index contributed by atoms with van der Waals surface area (Å²) in [4.78, 5) is 24.3. The first-order valence-corrected chi connectivity index (χ1v) is 6.38. The highest BCUT2D eigenvalue weighted by Gasteiger charge is 2.62. The van der Waals surface area contributed by atoms with Crippen LogP contribution in [-0.4, -0.2) is 35.9 Å². The maximum atomic E-state index is 12.2. The molecule has 0 spiro atoms. The molecule has 0 amide bonds. The molecule has 0 fully saturated rings. The second-order valence-electron chi connectivity index (χ2n) is 4.22. The smallest absolute Gasteiger partial charge is 0.365 e. The maximum Gasteiger partial charge on any atom is 0.365 e. The lowest BCUT2D eigenvalue weighted by molar-refractivity contribution is -0.187. The summed E-state index contributed by atoms with van der Waals surface area (Å²) in [7, 11) is 0. The van der Waals surface area contributed by atoms with Gasteiger partial charge in [-0.15, -0.1) is 0 Å². The van der Waals surface area contributed by atoms with Gasteiger partial charge in [0, 0.05) is 5.56 Å². The number of hydrogen-bond donors (Lipinski definition) is 1. The van der Waals surface area contributed by atoms with Crippen molar-refractivity contribution in [1.29, 1.82) is 0 Å². The summed E-state index contributed by atoms with van der Waals surface area (Å²) in [5, 5.41) is 10.4. The Balaban J connectivity index is 2.45. The summed E-state index contributed by atoms with van der Waals surface area (Å²) in [5.41, 5.74) is -1.83. The van der Waals surface area contributed by atoms with E-state index in [1.165, 1.54) is 0 Å². The SMILES string of the molecule is CCOC(=O)C1(C(=O)OCC)Oc2ccccc2[C@H]1O. The van der Waals surface area contributed by atoms with Crippen LogP contribution in [0.15, 0.2) is 24.3 Å². The highest BCUT2D eigenvalue weighted by atomic mass is 16.6. The van der Waals surface area contributed by atoms with Crippen molar-refractivity contribution in [1.82, 2.24) is 0 Å². The number of ether oxygens (including phenoxy) is 3. The van der Waals surface area contributed by atoms with E-state index in [-0.39, 0.29) is 19.0 Å². The number of benzene rings is 1. The Bertz CT molecular complexity index is 506. The van der Waals surface area contributed by atoms with Crippen LogP contribution in [0, 0.1) is 0 Å². The predicted octanol–water partition coefficient (Wildman–Crippen LogP) is 0.977. The van der Waals surface area contributed by atoms with Gasteiger partial charge in [-0.1, -0.05) is 18.2 Å². The number of hydrogen-bond acceptors (Lipinski definition) is 6. The summed E-state index contributed by atoms with van der Waals surface area (Å²) in [6.45, 7) is 3.33. The van der Waals surface area contributed by atoms with Crippen LogP contribution >= 0.6 is 0 Å². The molecular weight excluding hydrogens is 264 g/mol. The van der Waals surface area contributed by atoms with Gasteiger partial charge in [0.2, 0.25) is 0 Å². The molecular formula is C14H16O6. The molecule has 0 unspecified atom stereocenters. The number of carbonyl (C=O) groups excluding carboxylic acids is 2. The highest BCUT2D eigenvalue weighted by molar-refractivity contribution is 6.06. The van der Waals surface area contributed by atoms with Crippen molar-refractivity contribution in [2.45, 2.75) is 25.6 Å². The molecule has 0 bridgehead atoms. The first-order chi connectivity index (χ1) is 9.57. The average molecular weight is 280 g/mol. The summed E-state index contributed by atoms with van der Waals surface area (Å²) < 4.78 is 15.2. The molecule has 0 saturated heterocycles. The van der Waals surface area contributed by atoms with E-state index in [0.29, 0.717) is 5.56 Å². The topological polar surface area (TPSA) is 82.1 Å². The molecule has 0 aromatic heterocycles. The first-order valence-electron chi connectivity index (χ1n) is 6.38. The van der Waals surface area contributed by atoms with Gasteiger partial charge >= 0.3 is 17.5 Å². The third-order valence-electron chi connectivity index (χ3n) is 3.03. The molecule has 6 nitrogen and oxygen atoms in total. The lowest BCUT2D eigenvalue weighted by atomic mass is 9.93. The number of aliphatic hydroxyl groups excluding tert-OH is 1. The number of para-hydroxylation sites is 1. The van der Waals surface area contributed by atoms with E-state index in [0.717, 1.165) is 0 Å². The fraction of sp³-hybridized carbons (Fsp3) is 0.429. The Kier molecular flexibility index (Phi) is 3.94. The van der Waals surface area contributed by atoms with Crippen molar-refractivity contribution in [3.63, 3.8) is 0 Å². The molecule has 0 radical (unpaired) electrons. The van der Waals surface area contributed by atoms with Crippen LogP contribution in [0.1, 0.15) is 25.5 Å². The molecule has 0 aliphatic carbocycles. The van der Waals surface area contributed by atoms with Gasteiger partial charge < -0.3 is 19.3 Å². The second-order valence-corrected chi connectivity index (χ2v) is 4.22. The largest absolute Gasteiger partial charge is 0.462 e. The molecule has 1 atom stereocenters. The Hall–Kier alpha value is -2.08. The van der Waals surface area contributed by atoms with Crippen LogP contribution < -0.4 is 4.74 Å². The number of fused-ring (bicyclic) bond motifs is 1. The normalized spacial score (nSPS) is 18.9. The van der Waals surface area contributed by atoms with Crippen molar-refractivity contribution in [2.75, 3.05) is 13.2 Å². The maximum absolute atomic E-state index is 12.2. The standard InChI is InChI=1S/C14H16O6/c1-3-18-12(16)14(13(17)19-4-2)11(15)9-7-5-6-8-10(9)20-14/h5-8,11,15H,3-4H2,1-2H3/t11-/m1/s1. The predicted molar refractivity (Wildman–Crippen MR) is 68.0 cm³/mol. The van der Waals surface area contributed by atoms with Crippen molar-refractivity contribution in [3.8, 4) is 5.75 Å². The van der Waals surface area contributed by atoms with Crippen LogP contribution in [0.4, 0.5) is 0 Å². The van der Waals surface area contributed by atoms with E-state index < -0.39 is 23.6 Å². The summed E-state index contributed by atoms with van der Waals surface area (Å²) in [6.07, 6.45) is -1.46. The van der Waals surface area contributed by atoms with Crippen molar-refractivity contribution >= 4 is 11.9 Å². The molecule has 6 heteroatoms. The zero-order valence-corrected chi connectivity index (χ0v) is 11.3. The number of esters is 2.